The molecule has 1 aromatic heterocycles. The predicted molar refractivity (Wildman–Crippen MR) is 100 cm³/mol. The van der Waals surface area contributed by atoms with Gasteiger partial charge in [0.25, 0.3) is 5.91 Å². The van der Waals surface area contributed by atoms with Crippen molar-refractivity contribution in [2.24, 2.45) is 5.41 Å². The fourth-order valence-corrected chi connectivity index (χ4v) is 5.08. The lowest BCUT2D eigenvalue weighted by molar-refractivity contribution is -0.141. The molecule has 0 aromatic carbocycles. The maximum absolute atomic E-state index is 12.9. The minimum absolute atomic E-state index is 0.0299. The van der Waals surface area contributed by atoms with E-state index >= 15 is 0 Å². The summed E-state index contributed by atoms with van der Waals surface area (Å²) in [5.41, 5.74) is 1.45. The van der Waals surface area contributed by atoms with Crippen molar-refractivity contribution in [1.82, 2.24) is 19.9 Å². The van der Waals surface area contributed by atoms with Crippen LogP contribution in [0.3, 0.4) is 0 Å². The third-order valence-electron chi connectivity index (χ3n) is 6.86. The average molecular weight is 374 g/mol. The first kappa shape index (κ1) is 18.5. The number of carbonyl (C=O) groups excluding carboxylic acids is 2. The molecule has 4 rings (SSSR count). The second-order valence-electron chi connectivity index (χ2n) is 8.72. The summed E-state index contributed by atoms with van der Waals surface area (Å²) >= 11 is 0. The summed E-state index contributed by atoms with van der Waals surface area (Å²) in [6.45, 7) is 8.02. The fraction of sp³-hybridized carbons (Fsp3) is 0.750. The van der Waals surface area contributed by atoms with E-state index in [0.717, 1.165) is 58.4 Å². The van der Waals surface area contributed by atoms with Gasteiger partial charge in [-0.15, -0.1) is 0 Å². The van der Waals surface area contributed by atoms with Crippen LogP contribution in [0.4, 0.5) is 0 Å². The van der Waals surface area contributed by atoms with Crippen LogP contribution in [-0.4, -0.2) is 77.5 Å². The van der Waals surface area contributed by atoms with Gasteiger partial charge in [-0.05, 0) is 58.5 Å². The summed E-state index contributed by atoms with van der Waals surface area (Å²) in [4.78, 5) is 31.8. The number of aryl methyl sites for hydroxylation is 2. The highest BCUT2D eigenvalue weighted by Gasteiger charge is 2.44. The largest absolute Gasteiger partial charge is 0.361 e. The average Bonchev–Trinajstić information content (AvgIpc) is 3.23. The van der Waals surface area contributed by atoms with Gasteiger partial charge in [-0.25, -0.2) is 0 Å². The second kappa shape index (κ2) is 6.93. The van der Waals surface area contributed by atoms with Gasteiger partial charge >= 0.3 is 0 Å². The lowest BCUT2D eigenvalue weighted by Gasteiger charge is -2.49. The van der Waals surface area contributed by atoms with E-state index in [0.29, 0.717) is 35.4 Å². The summed E-state index contributed by atoms with van der Waals surface area (Å²) < 4.78 is 5.16. The van der Waals surface area contributed by atoms with Gasteiger partial charge in [0.2, 0.25) is 5.91 Å². The minimum Gasteiger partial charge on any atom is -0.361 e. The molecular weight excluding hydrogens is 344 g/mol. The number of amides is 2. The highest BCUT2D eigenvalue weighted by atomic mass is 16.5. The molecule has 0 unspecified atom stereocenters. The number of nitrogens with zero attached hydrogens (tertiary/aromatic N) is 4. The molecule has 0 aliphatic carbocycles. The zero-order valence-corrected chi connectivity index (χ0v) is 16.7. The van der Waals surface area contributed by atoms with E-state index in [4.69, 9.17) is 4.52 Å². The zero-order chi connectivity index (χ0) is 19.2. The van der Waals surface area contributed by atoms with E-state index in [2.05, 4.69) is 22.0 Å². The Bertz CT molecular complexity index is 716. The predicted octanol–water partition coefficient (Wildman–Crippen LogP) is 1.84. The molecule has 1 atom stereocenters. The molecule has 3 saturated heterocycles. The molecule has 0 radical (unpaired) electrons. The van der Waals surface area contributed by atoms with Crippen LogP contribution in [0.15, 0.2) is 4.52 Å². The van der Waals surface area contributed by atoms with E-state index in [-0.39, 0.29) is 11.3 Å². The lowest BCUT2D eigenvalue weighted by atomic mass is 9.72. The SMILES string of the molecule is Cc1noc(C)c1C(=O)N1CCC2(CCC(=O)N([C@@H]3CCN(C)C3)C2)CC1. The van der Waals surface area contributed by atoms with Crippen molar-refractivity contribution < 1.29 is 14.1 Å². The maximum Gasteiger partial charge on any atom is 0.259 e. The third-order valence-corrected chi connectivity index (χ3v) is 6.86. The van der Waals surface area contributed by atoms with E-state index in [1.807, 2.05) is 11.8 Å². The molecule has 148 valence electrons. The van der Waals surface area contributed by atoms with Crippen molar-refractivity contribution in [2.75, 3.05) is 39.8 Å². The molecule has 0 saturated carbocycles. The number of carbonyl (C=O) groups is 2. The molecule has 7 nitrogen and oxygen atoms in total. The number of rotatable bonds is 2. The Hall–Kier alpha value is -1.89. The molecule has 0 bridgehead atoms. The quantitative estimate of drug-likeness (QED) is 0.790. The van der Waals surface area contributed by atoms with Crippen LogP contribution in [-0.2, 0) is 4.79 Å². The minimum atomic E-state index is 0.0299. The second-order valence-corrected chi connectivity index (χ2v) is 8.72. The van der Waals surface area contributed by atoms with E-state index in [1.54, 1.807) is 6.92 Å². The van der Waals surface area contributed by atoms with Gasteiger partial charge < -0.3 is 19.2 Å². The van der Waals surface area contributed by atoms with Crippen molar-refractivity contribution in [3.63, 3.8) is 0 Å². The van der Waals surface area contributed by atoms with Crippen LogP contribution in [0.5, 0.6) is 0 Å². The number of likely N-dealkylation sites (tertiary alicyclic amines) is 3. The van der Waals surface area contributed by atoms with Crippen molar-refractivity contribution >= 4 is 11.8 Å². The van der Waals surface area contributed by atoms with Gasteiger partial charge in [-0.3, -0.25) is 9.59 Å². The van der Waals surface area contributed by atoms with Crippen LogP contribution in [0, 0.1) is 19.3 Å². The Balaban J connectivity index is 1.42. The normalized spacial score (nSPS) is 26.2. The summed E-state index contributed by atoms with van der Waals surface area (Å²) in [7, 11) is 2.13. The molecular formula is C20H30N4O3. The van der Waals surface area contributed by atoms with Crippen LogP contribution >= 0.6 is 0 Å². The smallest absolute Gasteiger partial charge is 0.259 e. The van der Waals surface area contributed by atoms with Crippen LogP contribution in [0.25, 0.3) is 0 Å². The molecule has 1 spiro atoms. The highest BCUT2D eigenvalue weighted by Crippen LogP contribution is 2.41. The molecule has 2 amide bonds. The number of piperidine rings is 2. The van der Waals surface area contributed by atoms with E-state index < -0.39 is 0 Å². The Morgan fingerprint density at radius 1 is 1.19 bits per heavy atom. The van der Waals surface area contributed by atoms with Crippen LogP contribution < -0.4 is 0 Å². The van der Waals surface area contributed by atoms with E-state index in [1.165, 1.54) is 0 Å². The van der Waals surface area contributed by atoms with Gasteiger partial charge in [0, 0.05) is 38.6 Å². The van der Waals surface area contributed by atoms with Gasteiger partial charge in [0.05, 0.1) is 5.69 Å². The third kappa shape index (κ3) is 3.37. The molecule has 1 aromatic rings. The van der Waals surface area contributed by atoms with Crippen molar-refractivity contribution in [3.8, 4) is 0 Å². The Morgan fingerprint density at radius 2 is 1.93 bits per heavy atom. The van der Waals surface area contributed by atoms with Gasteiger partial charge in [-0.1, -0.05) is 5.16 Å². The summed E-state index contributed by atoms with van der Waals surface area (Å²) in [5, 5.41) is 3.91. The van der Waals surface area contributed by atoms with Crippen molar-refractivity contribution in [1.29, 1.82) is 0 Å². The summed E-state index contributed by atoms with van der Waals surface area (Å²) in [6, 6.07) is 0.363. The van der Waals surface area contributed by atoms with Gasteiger partial charge in [0.15, 0.2) is 0 Å². The van der Waals surface area contributed by atoms with E-state index in [9.17, 15) is 9.59 Å². The van der Waals surface area contributed by atoms with Crippen molar-refractivity contribution in [3.05, 3.63) is 17.0 Å². The first-order valence-electron chi connectivity index (χ1n) is 10.1. The maximum atomic E-state index is 12.9. The molecule has 3 aliphatic heterocycles. The molecule has 4 heterocycles. The highest BCUT2D eigenvalue weighted by molar-refractivity contribution is 5.96. The number of hydrogen-bond acceptors (Lipinski definition) is 5. The molecule has 3 fully saturated rings. The van der Waals surface area contributed by atoms with Crippen molar-refractivity contribution in [2.45, 2.75) is 52.0 Å². The summed E-state index contributed by atoms with van der Waals surface area (Å²) in [6.07, 6.45) is 4.62. The van der Waals surface area contributed by atoms with Gasteiger partial charge in [0.1, 0.15) is 11.3 Å². The lowest BCUT2D eigenvalue weighted by Crippen LogP contribution is -2.55. The van der Waals surface area contributed by atoms with Crippen LogP contribution in [0.2, 0.25) is 0 Å². The fourth-order valence-electron chi connectivity index (χ4n) is 5.08. The first-order valence-corrected chi connectivity index (χ1v) is 10.1. The molecule has 3 aliphatic rings. The number of hydrogen-bond donors (Lipinski definition) is 0. The first-order chi connectivity index (χ1) is 12.9. The molecule has 27 heavy (non-hydrogen) atoms. The van der Waals surface area contributed by atoms with Gasteiger partial charge in [-0.2, -0.15) is 0 Å². The monoisotopic (exact) mass is 374 g/mol. The number of aromatic nitrogens is 1. The van der Waals surface area contributed by atoms with Crippen LogP contribution in [0.1, 0.15) is 53.9 Å². The standard InChI is InChI=1S/C20H30N4O3/c1-14-18(15(2)27-21-14)19(26)23-10-7-20(8-11-23)6-4-17(25)24(13-20)16-5-9-22(3)12-16/h16H,4-13H2,1-3H3/t16-/m1/s1. The Kier molecular flexibility index (Phi) is 4.74. The molecule has 7 heteroatoms. The zero-order valence-electron chi connectivity index (χ0n) is 16.7. The topological polar surface area (TPSA) is 69.9 Å². The Morgan fingerprint density at radius 3 is 2.52 bits per heavy atom. The summed E-state index contributed by atoms with van der Waals surface area (Å²) in [5.74, 6) is 0.940. The molecule has 0 N–H and O–H groups in total. The Labute approximate surface area is 160 Å². The number of likely N-dealkylation sites (N-methyl/N-ethyl adjacent to an activating group) is 1.